The summed E-state index contributed by atoms with van der Waals surface area (Å²) >= 11 is 0. The molecule has 114 valence electrons. The van der Waals surface area contributed by atoms with Crippen molar-refractivity contribution in [3.8, 4) is 5.75 Å². The molecule has 0 radical (unpaired) electrons. The molecular formula is C15H21N3O3. The van der Waals surface area contributed by atoms with Crippen LogP contribution in [0.4, 0.5) is 5.69 Å². The van der Waals surface area contributed by atoms with E-state index in [0.29, 0.717) is 23.5 Å². The zero-order chi connectivity index (χ0) is 15.2. The van der Waals surface area contributed by atoms with Gasteiger partial charge in [0.1, 0.15) is 12.4 Å². The van der Waals surface area contributed by atoms with E-state index in [4.69, 9.17) is 4.74 Å². The first kappa shape index (κ1) is 15.5. The fourth-order valence-electron chi connectivity index (χ4n) is 2.39. The van der Waals surface area contributed by atoms with Gasteiger partial charge < -0.3 is 10.1 Å². The summed E-state index contributed by atoms with van der Waals surface area (Å²) in [4.78, 5) is 12.9. The average molecular weight is 291 g/mol. The van der Waals surface area contributed by atoms with Crippen molar-refractivity contribution in [2.45, 2.75) is 6.92 Å². The molecule has 1 aromatic carbocycles. The average Bonchev–Trinajstić information content (AvgIpc) is 2.48. The first-order valence-electron chi connectivity index (χ1n) is 7.09. The predicted octanol–water partition coefficient (Wildman–Crippen LogP) is 1.83. The quantitative estimate of drug-likeness (QED) is 0.640. The first-order valence-corrected chi connectivity index (χ1v) is 7.09. The van der Waals surface area contributed by atoms with Gasteiger partial charge in [-0.25, -0.2) is 0 Å². The van der Waals surface area contributed by atoms with Gasteiger partial charge >= 0.3 is 0 Å². The third-order valence-corrected chi connectivity index (χ3v) is 3.62. The summed E-state index contributed by atoms with van der Waals surface area (Å²) in [6.45, 7) is 10.9. The molecule has 0 aromatic heterocycles. The fourth-order valence-corrected chi connectivity index (χ4v) is 2.39. The Morgan fingerprint density at radius 3 is 2.81 bits per heavy atom. The highest BCUT2D eigenvalue weighted by atomic mass is 16.6. The van der Waals surface area contributed by atoms with Crippen LogP contribution in [-0.4, -0.2) is 49.2 Å². The molecule has 0 atom stereocenters. The number of hydrogen-bond acceptors (Lipinski definition) is 5. The Balaban J connectivity index is 2.00. The minimum absolute atomic E-state index is 0.0966. The Labute approximate surface area is 124 Å². The Hall–Kier alpha value is -1.92. The predicted molar refractivity (Wildman–Crippen MR) is 82.7 cm³/mol. The maximum Gasteiger partial charge on any atom is 0.273 e. The minimum atomic E-state index is -0.382. The monoisotopic (exact) mass is 291 g/mol. The van der Waals surface area contributed by atoms with Crippen molar-refractivity contribution in [2.24, 2.45) is 0 Å². The topological polar surface area (TPSA) is 67.6 Å². The highest BCUT2D eigenvalue weighted by molar-refractivity contribution is 5.62. The van der Waals surface area contributed by atoms with E-state index < -0.39 is 0 Å². The molecule has 0 aliphatic carbocycles. The third kappa shape index (κ3) is 4.03. The van der Waals surface area contributed by atoms with Crippen LogP contribution in [0.5, 0.6) is 5.75 Å². The number of nitrogens with one attached hydrogen (secondary N) is 1. The second-order valence-electron chi connectivity index (χ2n) is 5.08. The molecule has 0 unspecified atom stereocenters. The summed E-state index contributed by atoms with van der Waals surface area (Å²) < 4.78 is 5.79. The van der Waals surface area contributed by atoms with Gasteiger partial charge in [-0.1, -0.05) is 12.7 Å². The van der Waals surface area contributed by atoms with Gasteiger partial charge in [-0.05, 0) is 13.0 Å². The molecule has 1 fully saturated rings. The number of nitro groups is 1. The standard InChI is InChI=1S/C15H21N3O3/c1-3-13-11-14(18(19)20)12(2)10-15(13)21-9-8-17-6-4-16-5-7-17/h3,10-11,16H,1,4-9H2,2H3. The molecule has 1 aliphatic rings. The van der Waals surface area contributed by atoms with Crippen LogP contribution in [0.25, 0.3) is 6.08 Å². The van der Waals surface area contributed by atoms with E-state index in [1.54, 1.807) is 19.1 Å². The fraction of sp³-hybridized carbons (Fsp3) is 0.467. The zero-order valence-electron chi connectivity index (χ0n) is 12.3. The van der Waals surface area contributed by atoms with E-state index in [9.17, 15) is 10.1 Å². The van der Waals surface area contributed by atoms with Gasteiger partial charge in [-0.15, -0.1) is 0 Å². The summed E-state index contributed by atoms with van der Waals surface area (Å²) in [5.41, 5.74) is 1.36. The van der Waals surface area contributed by atoms with Gasteiger partial charge in [-0.3, -0.25) is 15.0 Å². The summed E-state index contributed by atoms with van der Waals surface area (Å²) in [5, 5.41) is 14.2. The van der Waals surface area contributed by atoms with Gasteiger partial charge in [0, 0.05) is 49.9 Å². The van der Waals surface area contributed by atoms with Crippen molar-refractivity contribution in [3.63, 3.8) is 0 Å². The molecule has 1 aromatic rings. The number of benzene rings is 1. The summed E-state index contributed by atoms with van der Waals surface area (Å²) in [7, 11) is 0. The lowest BCUT2D eigenvalue weighted by atomic mass is 10.1. The molecule has 21 heavy (non-hydrogen) atoms. The van der Waals surface area contributed by atoms with Crippen LogP contribution in [0.15, 0.2) is 18.7 Å². The summed E-state index contributed by atoms with van der Waals surface area (Å²) in [6, 6.07) is 3.23. The third-order valence-electron chi connectivity index (χ3n) is 3.62. The lowest BCUT2D eigenvalue weighted by molar-refractivity contribution is -0.385. The normalized spacial score (nSPS) is 15.7. The number of nitro benzene ring substituents is 1. The van der Waals surface area contributed by atoms with Gasteiger partial charge in [0.25, 0.3) is 5.69 Å². The van der Waals surface area contributed by atoms with Crippen LogP contribution in [0, 0.1) is 17.0 Å². The largest absolute Gasteiger partial charge is 0.492 e. The van der Waals surface area contributed by atoms with Crippen LogP contribution in [0.1, 0.15) is 11.1 Å². The maximum atomic E-state index is 10.9. The highest BCUT2D eigenvalue weighted by Gasteiger charge is 2.15. The Morgan fingerprint density at radius 1 is 1.48 bits per heavy atom. The molecule has 0 saturated carbocycles. The molecule has 0 bridgehead atoms. The van der Waals surface area contributed by atoms with Crippen molar-refractivity contribution in [2.75, 3.05) is 39.3 Å². The number of ether oxygens (including phenoxy) is 1. The van der Waals surface area contributed by atoms with E-state index in [0.717, 1.165) is 32.7 Å². The van der Waals surface area contributed by atoms with Crippen LogP contribution >= 0.6 is 0 Å². The second kappa shape index (κ2) is 7.19. The minimum Gasteiger partial charge on any atom is -0.492 e. The van der Waals surface area contributed by atoms with Crippen LogP contribution in [0.3, 0.4) is 0 Å². The SMILES string of the molecule is C=Cc1cc([N+](=O)[O-])c(C)cc1OCCN1CCNCC1. The van der Waals surface area contributed by atoms with Crippen molar-refractivity contribution in [1.82, 2.24) is 10.2 Å². The van der Waals surface area contributed by atoms with E-state index in [-0.39, 0.29) is 10.6 Å². The van der Waals surface area contributed by atoms with E-state index >= 15 is 0 Å². The zero-order valence-corrected chi connectivity index (χ0v) is 12.3. The van der Waals surface area contributed by atoms with Gasteiger partial charge in [0.15, 0.2) is 0 Å². The molecule has 1 aliphatic heterocycles. The summed E-state index contributed by atoms with van der Waals surface area (Å²) in [5.74, 6) is 0.656. The second-order valence-corrected chi connectivity index (χ2v) is 5.08. The maximum absolute atomic E-state index is 10.9. The van der Waals surface area contributed by atoms with Crippen molar-refractivity contribution < 1.29 is 9.66 Å². The van der Waals surface area contributed by atoms with Crippen LogP contribution in [0.2, 0.25) is 0 Å². The van der Waals surface area contributed by atoms with E-state index in [1.807, 2.05) is 0 Å². The van der Waals surface area contributed by atoms with Crippen LogP contribution < -0.4 is 10.1 Å². The molecular weight excluding hydrogens is 270 g/mol. The lowest BCUT2D eigenvalue weighted by Gasteiger charge is -2.27. The first-order chi connectivity index (χ1) is 10.1. The Kier molecular flexibility index (Phi) is 5.30. The van der Waals surface area contributed by atoms with E-state index in [1.165, 1.54) is 6.07 Å². The number of piperazine rings is 1. The molecule has 1 N–H and O–H groups in total. The van der Waals surface area contributed by atoms with Gasteiger partial charge in [-0.2, -0.15) is 0 Å². The lowest BCUT2D eigenvalue weighted by Crippen LogP contribution is -2.44. The number of rotatable bonds is 6. The molecule has 2 rings (SSSR count). The van der Waals surface area contributed by atoms with Gasteiger partial charge in [0.05, 0.1) is 4.92 Å². The van der Waals surface area contributed by atoms with E-state index in [2.05, 4.69) is 16.8 Å². The smallest absolute Gasteiger partial charge is 0.273 e. The van der Waals surface area contributed by atoms with Crippen molar-refractivity contribution >= 4 is 11.8 Å². The van der Waals surface area contributed by atoms with Crippen molar-refractivity contribution in [1.29, 1.82) is 0 Å². The number of hydrogen-bond donors (Lipinski definition) is 1. The van der Waals surface area contributed by atoms with Crippen LogP contribution in [-0.2, 0) is 0 Å². The summed E-state index contributed by atoms with van der Waals surface area (Å²) in [6.07, 6.45) is 1.59. The van der Waals surface area contributed by atoms with Gasteiger partial charge in [0.2, 0.25) is 0 Å². The van der Waals surface area contributed by atoms with Crippen molar-refractivity contribution in [3.05, 3.63) is 40.0 Å². The molecule has 1 saturated heterocycles. The molecule has 0 amide bonds. The Morgan fingerprint density at radius 2 is 2.19 bits per heavy atom. The molecule has 6 heteroatoms. The molecule has 1 heterocycles. The molecule has 0 spiro atoms. The number of nitrogens with zero attached hydrogens (tertiary/aromatic N) is 2. The highest BCUT2D eigenvalue weighted by Crippen LogP contribution is 2.29. The molecule has 6 nitrogen and oxygen atoms in total. The Bertz CT molecular complexity index is 525. The number of aryl methyl sites for hydroxylation is 1.